The number of hydrogen-bond donors (Lipinski definition) is 3. The highest BCUT2D eigenvalue weighted by Crippen LogP contribution is 2.19. The van der Waals surface area contributed by atoms with Gasteiger partial charge in [-0.3, -0.25) is 0 Å². The first-order valence-corrected chi connectivity index (χ1v) is 6.31. The van der Waals surface area contributed by atoms with E-state index >= 15 is 0 Å². The van der Waals surface area contributed by atoms with Crippen LogP contribution in [0.5, 0.6) is 0 Å². The number of thioether (sulfide) groups is 1. The molecule has 0 fully saturated rings. The average Bonchev–Trinajstić information content (AvgIpc) is 2.99. The normalized spacial score (nSPS) is 10.9. The zero-order chi connectivity index (χ0) is 12.4. The van der Waals surface area contributed by atoms with Crippen molar-refractivity contribution in [2.45, 2.75) is 12.1 Å². The Morgan fingerprint density at radius 2 is 2.28 bits per heavy atom. The molecule has 3 N–H and O–H groups in total. The Kier molecular flexibility index (Phi) is 2.81. The number of imidazole rings is 1. The highest BCUT2D eigenvalue weighted by Gasteiger charge is 2.08. The van der Waals surface area contributed by atoms with E-state index in [-0.39, 0.29) is 0 Å². The van der Waals surface area contributed by atoms with E-state index in [9.17, 15) is 0 Å². The summed E-state index contributed by atoms with van der Waals surface area (Å²) >= 11 is 1.57. The molecule has 8 nitrogen and oxygen atoms in total. The highest BCUT2D eigenvalue weighted by atomic mass is 32.2. The number of H-pyrrole nitrogens is 2. The molecule has 0 saturated carbocycles. The summed E-state index contributed by atoms with van der Waals surface area (Å²) in [6.07, 6.45) is 3.02. The minimum atomic E-state index is 0.542. The zero-order valence-corrected chi connectivity index (χ0v) is 10.3. The maximum absolute atomic E-state index is 4.28. The van der Waals surface area contributed by atoms with Gasteiger partial charge in [-0.15, -0.1) is 5.10 Å². The summed E-state index contributed by atoms with van der Waals surface area (Å²) in [5.74, 6) is 2.08. The first-order chi connectivity index (χ1) is 8.86. The maximum Gasteiger partial charge on any atom is 0.225 e. The summed E-state index contributed by atoms with van der Waals surface area (Å²) in [5.41, 5.74) is 1.34. The second-order valence-corrected chi connectivity index (χ2v) is 4.58. The molecule has 0 spiro atoms. The van der Waals surface area contributed by atoms with Crippen molar-refractivity contribution in [3.05, 3.63) is 12.7 Å². The Labute approximate surface area is 106 Å². The fourth-order valence-corrected chi connectivity index (χ4v) is 1.99. The summed E-state index contributed by atoms with van der Waals surface area (Å²) in [7, 11) is 0. The SMILES string of the molecule is CCSc1n[nH]c(Nc2ncnc3nc[nH]c23)n1. The van der Waals surface area contributed by atoms with Gasteiger partial charge < -0.3 is 10.3 Å². The molecule has 0 aliphatic carbocycles. The summed E-state index contributed by atoms with van der Waals surface area (Å²) in [6, 6.07) is 0. The van der Waals surface area contributed by atoms with Crippen molar-refractivity contribution < 1.29 is 0 Å². The molecule has 3 heterocycles. The first-order valence-electron chi connectivity index (χ1n) is 5.33. The van der Waals surface area contributed by atoms with Crippen molar-refractivity contribution in [3.63, 3.8) is 0 Å². The molecular formula is C9H10N8S. The number of hydrogen-bond acceptors (Lipinski definition) is 7. The second-order valence-electron chi connectivity index (χ2n) is 3.35. The van der Waals surface area contributed by atoms with Crippen LogP contribution in [0.25, 0.3) is 11.2 Å². The Morgan fingerprint density at radius 1 is 1.33 bits per heavy atom. The smallest absolute Gasteiger partial charge is 0.225 e. The van der Waals surface area contributed by atoms with Gasteiger partial charge in [0.1, 0.15) is 11.8 Å². The number of fused-ring (bicyclic) bond motifs is 1. The second kappa shape index (κ2) is 4.61. The Balaban J connectivity index is 1.88. The van der Waals surface area contributed by atoms with E-state index in [2.05, 4.69) is 40.4 Å². The van der Waals surface area contributed by atoms with Gasteiger partial charge in [-0.25, -0.2) is 20.1 Å². The van der Waals surface area contributed by atoms with E-state index < -0.39 is 0 Å². The van der Waals surface area contributed by atoms with Crippen LogP contribution in [-0.4, -0.2) is 40.9 Å². The first kappa shape index (κ1) is 11.0. The molecule has 0 unspecified atom stereocenters. The van der Waals surface area contributed by atoms with Crippen LogP contribution in [0.1, 0.15) is 6.92 Å². The van der Waals surface area contributed by atoms with Crippen molar-refractivity contribution in [1.29, 1.82) is 0 Å². The largest absolute Gasteiger partial charge is 0.340 e. The Morgan fingerprint density at radius 3 is 3.17 bits per heavy atom. The number of nitrogens with zero attached hydrogens (tertiary/aromatic N) is 5. The van der Waals surface area contributed by atoms with Gasteiger partial charge in [0.25, 0.3) is 0 Å². The summed E-state index contributed by atoms with van der Waals surface area (Å²) < 4.78 is 0. The molecule has 0 atom stereocenters. The van der Waals surface area contributed by atoms with Crippen molar-refractivity contribution >= 4 is 34.7 Å². The maximum atomic E-state index is 4.28. The predicted molar refractivity (Wildman–Crippen MR) is 67.7 cm³/mol. The molecule has 0 aliphatic rings. The molecule has 0 radical (unpaired) electrons. The van der Waals surface area contributed by atoms with E-state index in [0.717, 1.165) is 11.3 Å². The van der Waals surface area contributed by atoms with E-state index in [4.69, 9.17) is 0 Å². The third kappa shape index (κ3) is 1.99. The van der Waals surface area contributed by atoms with Crippen LogP contribution in [0, 0.1) is 0 Å². The van der Waals surface area contributed by atoms with Gasteiger partial charge in [-0.2, -0.15) is 4.98 Å². The van der Waals surface area contributed by atoms with Gasteiger partial charge in [0, 0.05) is 0 Å². The quantitative estimate of drug-likeness (QED) is 0.608. The van der Waals surface area contributed by atoms with E-state index in [0.29, 0.717) is 22.6 Å². The highest BCUT2D eigenvalue weighted by molar-refractivity contribution is 7.99. The van der Waals surface area contributed by atoms with Gasteiger partial charge in [-0.1, -0.05) is 18.7 Å². The van der Waals surface area contributed by atoms with Crippen LogP contribution >= 0.6 is 11.8 Å². The van der Waals surface area contributed by atoms with Gasteiger partial charge in [-0.05, 0) is 5.75 Å². The van der Waals surface area contributed by atoms with Gasteiger partial charge in [0.15, 0.2) is 11.5 Å². The number of aromatic amines is 2. The lowest BCUT2D eigenvalue weighted by Gasteiger charge is -2.00. The standard InChI is InChI=1S/C9H10N8S/c1-2-18-9-15-8(16-17-9)14-7-5-6(11-3-10-5)12-4-13-7/h3-4H,2H2,1H3,(H3,10,11,12,13,14,15,16,17). The van der Waals surface area contributed by atoms with Crippen LogP contribution in [0.2, 0.25) is 0 Å². The predicted octanol–water partition coefficient (Wildman–Crippen LogP) is 1.33. The molecule has 0 aromatic carbocycles. The van der Waals surface area contributed by atoms with Crippen LogP contribution in [0.3, 0.4) is 0 Å². The number of rotatable bonds is 4. The summed E-state index contributed by atoms with van der Waals surface area (Å²) in [4.78, 5) is 19.5. The third-order valence-electron chi connectivity index (χ3n) is 2.20. The van der Waals surface area contributed by atoms with Gasteiger partial charge in [0.05, 0.1) is 6.33 Å². The molecule has 9 heteroatoms. The number of nitrogens with one attached hydrogen (secondary N) is 3. The van der Waals surface area contributed by atoms with Crippen LogP contribution in [0.15, 0.2) is 17.8 Å². The van der Waals surface area contributed by atoms with Crippen molar-refractivity contribution in [2.24, 2.45) is 0 Å². The molecule has 0 bridgehead atoms. The Bertz CT molecular complexity index is 659. The number of anilines is 2. The lowest BCUT2D eigenvalue weighted by atomic mass is 10.5. The number of aromatic nitrogens is 7. The third-order valence-corrected chi connectivity index (χ3v) is 2.93. The monoisotopic (exact) mass is 262 g/mol. The van der Waals surface area contributed by atoms with Crippen molar-refractivity contribution in [3.8, 4) is 0 Å². The van der Waals surface area contributed by atoms with Crippen molar-refractivity contribution in [2.75, 3.05) is 11.1 Å². The molecular weight excluding hydrogens is 252 g/mol. The molecule has 3 rings (SSSR count). The van der Waals surface area contributed by atoms with Crippen LogP contribution in [-0.2, 0) is 0 Å². The molecule has 3 aromatic heterocycles. The van der Waals surface area contributed by atoms with Crippen LogP contribution < -0.4 is 5.32 Å². The molecule has 3 aromatic rings. The lowest BCUT2D eigenvalue weighted by Crippen LogP contribution is -1.97. The van der Waals surface area contributed by atoms with Crippen LogP contribution in [0.4, 0.5) is 11.8 Å². The molecule has 18 heavy (non-hydrogen) atoms. The summed E-state index contributed by atoms with van der Waals surface area (Å²) in [6.45, 7) is 2.05. The molecule has 0 amide bonds. The minimum absolute atomic E-state index is 0.542. The minimum Gasteiger partial charge on any atom is -0.340 e. The van der Waals surface area contributed by atoms with E-state index in [1.165, 1.54) is 6.33 Å². The topological polar surface area (TPSA) is 108 Å². The lowest BCUT2D eigenvalue weighted by molar-refractivity contribution is 0.974. The summed E-state index contributed by atoms with van der Waals surface area (Å²) in [5, 5.41) is 10.6. The van der Waals surface area contributed by atoms with Gasteiger partial charge >= 0.3 is 0 Å². The fourth-order valence-electron chi connectivity index (χ4n) is 1.47. The van der Waals surface area contributed by atoms with Crippen molar-refractivity contribution in [1.82, 2.24) is 35.1 Å². The van der Waals surface area contributed by atoms with E-state index in [1.807, 2.05) is 6.92 Å². The molecule has 0 saturated heterocycles. The molecule has 0 aliphatic heterocycles. The fraction of sp³-hybridized carbons (Fsp3) is 0.222. The average molecular weight is 262 g/mol. The molecule has 92 valence electrons. The Hall–Kier alpha value is -2.16. The van der Waals surface area contributed by atoms with Gasteiger partial charge in [0.2, 0.25) is 11.1 Å². The zero-order valence-electron chi connectivity index (χ0n) is 9.51. The van der Waals surface area contributed by atoms with E-state index in [1.54, 1.807) is 18.1 Å².